The molecule has 0 bridgehead atoms. The zero-order valence-electron chi connectivity index (χ0n) is 33.3. The smallest absolute Gasteiger partial charge is 0.0726 e. The Labute approximate surface area is 354 Å². The Balaban J connectivity index is 1.11. The van der Waals surface area contributed by atoms with Crippen molar-refractivity contribution in [3.63, 3.8) is 0 Å². The van der Waals surface area contributed by atoms with Gasteiger partial charge in [0.15, 0.2) is 0 Å². The van der Waals surface area contributed by atoms with Gasteiger partial charge in [0.25, 0.3) is 0 Å². The van der Waals surface area contributed by atoms with E-state index >= 15 is 0 Å². The summed E-state index contributed by atoms with van der Waals surface area (Å²) in [5, 5.41) is 5.08. The minimum atomic E-state index is -0.567. The molecule has 0 aliphatic heterocycles. The molecule has 1 atom stereocenters. The fourth-order valence-electron chi connectivity index (χ4n) is 10.9. The first-order valence-corrected chi connectivity index (χ1v) is 21.2. The fourth-order valence-corrected chi connectivity index (χ4v) is 10.9. The Morgan fingerprint density at radius 1 is 0.328 bits per heavy atom. The van der Waals surface area contributed by atoms with E-state index in [-0.39, 0.29) is 0 Å². The van der Waals surface area contributed by atoms with Crippen LogP contribution in [0.3, 0.4) is 0 Å². The highest BCUT2D eigenvalue weighted by atomic mass is 15.1. The molecule has 2 aliphatic carbocycles. The van der Waals surface area contributed by atoms with E-state index in [9.17, 15) is 0 Å². The van der Waals surface area contributed by atoms with Crippen molar-refractivity contribution in [3.05, 3.63) is 253 Å². The van der Waals surface area contributed by atoms with Crippen LogP contribution in [-0.4, -0.2) is 4.57 Å². The Hall–Kier alpha value is -7.94. The van der Waals surface area contributed by atoms with Crippen LogP contribution in [0.4, 0.5) is 17.1 Å². The lowest BCUT2D eigenvalue weighted by Gasteiger charge is -2.40. The van der Waals surface area contributed by atoms with Crippen LogP contribution in [0.2, 0.25) is 0 Å². The first-order chi connectivity index (χ1) is 30.3. The van der Waals surface area contributed by atoms with Crippen LogP contribution in [-0.2, 0) is 5.41 Å². The Morgan fingerprint density at radius 2 is 0.918 bits per heavy atom. The first-order valence-electron chi connectivity index (χ1n) is 21.2. The highest BCUT2D eigenvalue weighted by Gasteiger charge is 2.50. The summed E-state index contributed by atoms with van der Waals surface area (Å²) in [5.41, 5.74) is 19.2. The highest BCUT2D eigenvalue weighted by molar-refractivity contribution is 6.11. The van der Waals surface area contributed by atoms with Crippen molar-refractivity contribution < 1.29 is 0 Å². The molecule has 2 heteroatoms. The van der Waals surface area contributed by atoms with Gasteiger partial charge in [-0.3, -0.25) is 0 Å². The van der Waals surface area contributed by atoms with Crippen LogP contribution >= 0.6 is 0 Å². The van der Waals surface area contributed by atoms with Crippen molar-refractivity contribution >= 4 is 49.6 Å². The quantitative estimate of drug-likeness (QED) is 0.169. The van der Waals surface area contributed by atoms with Gasteiger partial charge in [-0.05, 0) is 127 Å². The van der Waals surface area contributed by atoms with Crippen molar-refractivity contribution in [2.75, 3.05) is 4.90 Å². The minimum Gasteiger partial charge on any atom is -0.310 e. The molecule has 0 amide bonds. The van der Waals surface area contributed by atoms with E-state index in [0.29, 0.717) is 0 Å². The zero-order chi connectivity index (χ0) is 40.1. The molecular weight excluding hydrogens is 737 g/mol. The van der Waals surface area contributed by atoms with Gasteiger partial charge in [0.05, 0.1) is 16.4 Å². The Morgan fingerprint density at radius 3 is 1.77 bits per heavy atom. The van der Waals surface area contributed by atoms with E-state index in [4.69, 9.17) is 0 Å². The van der Waals surface area contributed by atoms with E-state index in [0.717, 1.165) is 22.7 Å². The third kappa shape index (κ3) is 4.79. The molecule has 1 heterocycles. The average Bonchev–Trinajstić information content (AvgIpc) is 3.81. The number of hydrogen-bond acceptors (Lipinski definition) is 1. The van der Waals surface area contributed by atoms with Crippen molar-refractivity contribution in [2.45, 2.75) is 5.41 Å². The summed E-state index contributed by atoms with van der Waals surface area (Å²) in [7, 11) is 0. The number of hydrogen-bond donors (Lipinski definition) is 0. The largest absolute Gasteiger partial charge is 0.310 e. The third-order valence-electron chi connectivity index (χ3n) is 13.4. The second kappa shape index (κ2) is 13.0. The van der Waals surface area contributed by atoms with Gasteiger partial charge in [-0.2, -0.15) is 0 Å². The summed E-state index contributed by atoms with van der Waals surface area (Å²) >= 11 is 0. The predicted octanol–water partition coefficient (Wildman–Crippen LogP) is 15.4. The molecule has 0 N–H and O–H groups in total. The summed E-state index contributed by atoms with van der Waals surface area (Å²) in [6.07, 6.45) is 0. The molecule has 61 heavy (non-hydrogen) atoms. The molecular formula is C59H38N2. The van der Waals surface area contributed by atoms with Crippen LogP contribution < -0.4 is 4.90 Å². The second-order valence-electron chi connectivity index (χ2n) is 16.4. The van der Waals surface area contributed by atoms with Gasteiger partial charge in [0.1, 0.15) is 0 Å². The highest BCUT2D eigenvalue weighted by Crippen LogP contribution is 2.63. The number of fused-ring (bicyclic) bond motifs is 12. The van der Waals surface area contributed by atoms with Gasteiger partial charge in [0, 0.05) is 33.5 Å². The van der Waals surface area contributed by atoms with Gasteiger partial charge in [-0.25, -0.2) is 0 Å². The van der Waals surface area contributed by atoms with Crippen molar-refractivity contribution in [3.8, 4) is 39.1 Å². The number of nitrogens with zero attached hydrogens (tertiary/aromatic N) is 2. The molecule has 1 unspecified atom stereocenters. The number of benzene rings is 10. The molecule has 0 saturated carbocycles. The molecule has 13 rings (SSSR count). The number of anilines is 3. The van der Waals surface area contributed by atoms with Gasteiger partial charge >= 0.3 is 0 Å². The molecule has 0 radical (unpaired) electrons. The topological polar surface area (TPSA) is 8.17 Å². The molecule has 1 aromatic heterocycles. The molecule has 2 nitrogen and oxygen atoms in total. The Bertz CT molecular complexity index is 3520. The van der Waals surface area contributed by atoms with Crippen LogP contribution in [0.25, 0.3) is 71.6 Å². The maximum absolute atomic E-state index is 2.50. The van der Waals surface area contributed by atoms with Crippen LogP contribution in [0.1, 0.15) is 22.3 Å². The van der Waals surface area contributed by atoms with Gasteiger partial charge in [-0.1, -0.05) is 170 Å². The maximum Gasteiger partial charge on any atom is 0.0726 e. The van der Waals surface area contributed by atoms with E-state index in [2.05, 4.69) is 240 Å². The lowest BCUT2D eigenvalue weighted by Crippen LogP contribution is -2.32. The minimum absolute atomic E-state index is 0.567. The zero-order valence-corrected chi connectivity index (χ0v) is 33.3. The van der Waals surface area contributed by atoms with E-state index in [1.807, 2.05) is 0 Å². The number of aromatic nitrogens is 1. The van der Waals surface area contributed by atoms with Crippen LogP contribution in [0.5, 0.6) is 0 Å². The van der Waals surface area contributed by atoms with Gasteiger partial charge in [0.2, 0.25) is 0 Å². The summed E-state index contributed by atoms with van der Waals surface area (Å²) in [4.78, 5) is 2.45. The van der Waals surface area contributed by atoms with Gasteiger partial charge in [-0.15, -0.1) is 0 Å². The molecule has 0 fully saturated rings. The maximum atomic E-state index is 2.50. The molecule has 284 valence electrons. The van der Waals surface area contributed by atoms with E-state index in [1.165, 1.54) is 88.2 Å². The lowest BCUT2D eigenvalue weighted by atomic mass is 9.61. The third-order valence-corrected chi connectivity index (χ3v) is 13.4. The SMILES string of the molecule is c1ccc(-c2ccc3c(c2)C2(c4ccccc4-c4ccc(N(c5ccccc5)c5ccc6c7ccccc7n(-c7ccccc7)c6c5)cc42)c2cccc4cccc-3c24)cc1. The van der Waals surface area contributed by atoms with Crippen molar-refractivity contribution in [2.24, 2.45) is 0 Å². The number of para-hydroxylation sites is 3. The van der Waals surface area contributed by atoms with E-state index in [1.54, 1.807) is 0 Å². The first kappa shape index (κ1) is 34.0. The summed E-state index contributed by atoms with van der Waals surface area (Å²) in [6.45, 7) is 0. The average molecular weight is 775 g/mol. The number of rotatable bonds is 5. The van der Waals surface area contributed by atoms with Crippen LogP contribution in [0.15, 0.2) is 231 Å². The van der Waals surface area contributed by atoms with Gasteiger partial charge < -0.3 is 9.47 Å². The standard InChI is InChI=1S/C59H38N2/c1-4-16-39(17-5-1)41-30-33-48-51-26-14-18-40-19-15-28-53(58(40)51)59(54(48)36-41)52-27-12-10-24-46(52)47-34-31-44(37-55(47)59)60(42-20-6-2-7-21-42)45-32-35-50-49-25-11-13-29-56(49)61(57(50)38-45)43-22-8-3-9-23-43/h1-38H. The Kier molecular flexibility index (Phi) is 7.26. The van der Waals surface area contributed by atoms with Crippen molar-refractivity contribution in [1.29, 1.82) is 0 Å². The predicted molar refractivity (Wildman–Crippen MR) is 255 cm³/mol. The summed E-state index contributed by atoms with van der Waals surface area (Å²) in [5.74, 6) is 0. The van der Waals surface area contributed by atoms with Crippen molar-refractivity contribution in [1.82, 2.24) is 4.57 Å². The second-order valence-corrected chi connectivity index (χ2v) is 16.4. The van der Waals surface area contributed by atoms with Crippen LogP contribution in [0, 0.1) is 0 Å². The van der Waals surface area contributed by atoms with E-state index < -0.39 is 5.41 Å². The molecule has 2 aliphatic rings. The lowest BCUT2D eigenvalue weighted by molar-refractivity contribution is 0.774. The molecule has 10 aromatic carbocycles. The fraction of sp³-hybridized carbons (Fsp3) is 0.0169. The summed E-state index contributed by atoms with van der Waals surface area (Å²) < 4.78 is 2.41. The normalized spacial score (nSPS) is 14.6. The molecule has 1 spiro atoms. The summed E-state index contributed by atoms with van der Waals surface area (Å²) in [6, 6.07) is 85.5. The monoisotopic (exact) mass is 774 g/mol. The molecule has 0 saturated heterocycles. The molecule has 11 aromatic rings.